The Labute approximate surface area is 86.3 Å². The van der Waals surface area contributed by atoms with E-state index in [1.807, 2.05) is 6.07 Å². The summed E-state index contributed by atoms with van der Waals surface area (Å²) in [5.74, 6) is 0.312. The van der Waals surface area contributed by atoms with E-state index < -0.39 is 0 Å². The monoisotopic (exact) mass is 274 g/mol. The highest BCUT2D eigenvalue weighted by Gasteiger charge is 1.99. The second kappa shape index (κ2) is 3.94. The van der Waals surface area contributed by atoms with Gasteiger partial charge in [-0.3, -0.25) is 0 Å². The lowest BCUT2D eigenvalue weighted by Crippen LogP contribution is -1.82. The number of hydrogen-bond donors (Lipinski definition) is 1. The summed E-state index contributed by atoms with van der Waals surface area (Å²) in [4.78, 5) is 0. The van der Waals surface area contributed by atoms with Gasteiger partial charge in [-0.2, -0.15) is 0 Å². The van der Waals surface area contributed by atoms with E-state index in [-0.39, 0.29) is 0 Å². The van der Waals surface area contributed by atoms with Crippen molar-refractivity contribution < 1.29 is 5.11 Å². The molecule has 0 saturated carbocycles. The van der Waals surface area contributed by atoms with Crippen molar-refractivity contribution in [3.63, 3.8) is 0 Å². The van der Waals surface area contributed by atoms with Crippen LogP contribution >= 0.6 is 22.6 Å². The van der Waals surface area contributed by atoms with Crippen molar-refractivity contribution in [3.8, 4) is 5.75 Å². The first-order valence-electron chi connectivity index (χ1n) is 3.81. The molecule has 0 spiro atoms. The lowest BCUT2D eigenvalue weighted by Gasteiger charge is -2.03. The summed E-state index contributed by atoms with van der Waals surface area (Å²) in [6.07, 6.45) is 0.916. The molecule has 0 aliphatic heterocycles. The van der Waals surface area contributed by atoms with E-state index in [0.717, 1.165) is 21.1 Å². The molecule has 0 radical (unpaired) electrons. The fourth-order valence-corrected chi connectivity index (χ4v) is 1.64. The smallest absolute Gasteiger partial charge is 0.117 e. The van der Waals surface area contributed by atoms with Crippen LogP contribution in [-0.2, 0) is 0 Å². The van der Waals surface area contributed by atoms with Gasteiger partial charge in [0.2, 0.25) is 0 Å². The number of halogens is 1. The van der Waals surface area contributed by atoms with Crippen LogP contribution in [0.25, 0.3) is 5.57 Å². The van der Waals surface area contributed by atoms with Gasteiger partial charge >= 0.3 is 0 Å². The topological polar surface area (TPSA) is 20.2 Å². The molecule has 0 fully saturated rings. The van der Waals surface area contributed by atoms with Gasteiger partial charge in [0.05, 0.1) is 0 Å². The Balaban J connectivity index is 3.08. The minimum Gasteiger partial charge on any atom is -0.508 e. The predicted molar refractivity (Wildman–Crippen MR) is 60.1 cm³/mol. The quantitative estimate of drug-likeness (QED) is 0.819. The third-order valence-electron chi connectivity index (χ3n) is 1.72. The molecule has 1 aromatic carbocycles. The fraction of sp³-hybridized carbons (Fsp3) is 0.200. The predicted octanol–water partition coefficient (Wildman–Crippen LogP) is 3.42. The Bertz CT molecular complexity index is 284. The summed E-state index contributed by atoms with van der Waals surface area (Å²) in [7, 11) is 0. The summed E-state index contributed by atoms with van der Waals surface area (Å²) in [5.41, 5.74) is 2.09. The molecular formula is C10H11IO. The van der Waals surface area contributed by atoms with E-state index in [1.165, 1.54) is 0 Å². The van der Waals surface area contributed by atoms with Crippen molar-refractivity contribution in [1.29, 1.82) is 0 Å². The van der Waals surface area contributed by atoms with E-state index in [2.05, 4.69) is 36.1 Å². The Morgan fingerprint density at radius 3 is 2.67 bits per heavy atom. The van der Waals surface area contributed by atoms with Gasteiger partial charge in [-0.1, -0.05) is 13.5 Å². The molecule has 0 heterocycles. The van der Waals surface area contributed by atoms with Crippen molar-refractivity contribution >= 4 is 28.2 Å². The lowest BCUT2D eigenvalue weighted by atomic mass is 10.1. The Hall–Kier alpha value is -0.510. The molecular weight excluding hydrogens is 263 g/mol. The molecule has 2 heteroatoms. The van der Waals surface area contributed by atoms with E-state index in [0.29, 0.717) is 5.75 Å². The minimum absolute atomic E-state index is 0.312. The molecule has 0 aliphatic carbocycles. The maximum Gasteiger partial charge on any atom is 0.117 e. The van der Waals surface area contributed by atoms with Gasteiger partial charge in [0, 0.05) is 3.57 Å². The number of aromatic hydroxyl groups is 1. The van der Waals surface area contributed by atoms with Crippen LogP contribution < -0.4 is 0 Å². The van der Waals surface area contributed by atoms with Crippen molar-refractivity contribution in [2.45, 2.75) is 13.3 Å². The number of benzene rings is 1. The SMILES string of the molecule is C=C(CC)c1cc(O)cc(I)c1. The van der Waals surface area contributed by atoms with Crippen LogP contribution in [-0.4, -0.2) is 5.11 Å². The molecule has 0 saturated heterocycles. The number of hydrogen-bond acceptors (Lipinski definition) is 1. The molecule has 12 heavy (non-hydrogen) atoms. The maximum absolute atomic E-state index is 9.29. The average molecular weight is 274 g/mol. The maximum atomic E-state index is 9.29. The van der Waals surface area contributed by atoms with Gasteiger partial charge in [-0.05, 0) is 58.3 Å². The van der Waals surface area contributed by atoms with Gasteiger partial charge in [0.15, 0.2) is 0 Å². The zero-order valence-electron chi connectivity index (χ0n) is 6.97. The van der Waals surface area contributed by atoms with E-state index in [1.54, 1.807) is 12.1 Å². The van der Waals surface area contributed by atoms with Gasteiger partial charge in [-0.15, -0.1) is 0 Å². The van der Waals surface area contributed by atoms with Crippen molar-refractivity contribution in [1.82, 2.24) is 0 Å². The number of phenolic OH excluding ortho intramolecular Hbond substituents is 1. The summed E-state index contributed by atoms with van der Waals surface area (Å²) in [6, 6.07) is 5.49. The third-order valence-corrected chi connectivity index (χ3v) is 2.34. The van der Waals surface area contributed by atoms with Crippen molar-refractivity contribution in [2.24, 2.45) is 0 Å². The molecule has 0 bridgehead atoms. The van der Waals surface area contributed by atoms with E-state index in [4.69, 9.17) is 0 Å². The standard InChI is InChI=1S/C10H11IO/c1-3-7(2)8-4-9(11)6-10(12)5-8/h4-6,12H,2-3H2,1H3. The molecule has 0 unspecified atom stereocenters. The average Bonchev–Trinajstić information content (AvgIpc) is 2.01. The molecule has 0 amide bonds. The second-order valence-electron chi connectivity index (χ2n) is 2.66. The third kappa shape index (κ3) is 2.24. The summed E-state index contributed by atoms with van der Waals surface area (Å²) in [6.45, 7) is 5.97. The number of phenols is 1. The van der Waals surface area contributed by atoms with Crippen molar-refractivity contribution in [3.05, 3.63) is 33.9 Å². The second-order valence-corrected chi connectivity index (χ2v) is 3.90. The summed E-state index contributed by atoms with van der Waals surface area (Å²) >= 11 is 2.18. The highest BCUT2D eigenvalue weighted by molar-refractivity contribution is 14.1. The normalized spacial score (nSPS) is 9.83. The zero-order chi connectivity index (χ0) is 9.14. The van der Waals surface area contributed by atoms with Gasteiger partial charge in [0.1, 0.15) is 5.75 Å². The first-order valence-corrected chi connectivity index (χ1v) is 4.89. The molecule has 0 aliphatic rings. The Morgan fingerprint density at radius 2 is 2.17 bits per heavy atom. The van der Waals surface area contributed by atoms with Crippen LogP contribution in [0.2, 0.25) is 0 Å². The molecule has 1 N–H and O–H groups in total. The van der Waals surface area contributed by atoms with Crippen molar-refractivity contribution in [2.75, 3.05) is 0 Å². The van der Waals surface area contributed by atoms with E-state index in [9.17, 15) is 5.11 Å². The van der Waals surface area contributed by atoms with Gasteiger partial charge in [-0.25, -0.2) is 0 Å². The highest BCUT2D eigenvalue weighted by Crippen LogP contribution is 2.23. The van der Waals surface area contributed by atoms with Crippen LogP contribution in [0.1, 0.15) is 18.9 Å². The van der Waals surface area contributed by atoms with Crippen LogP contribution in [0.5, 0.6) is 5.75 Å². The van der Waals surface area contributed by atoms with Crippen LogP contribution in [0.3, 0.4) is 0 Å². The molecule has 0 aromatic heterocycles. The summed E-state index contributed by atoms with van der Waals surface area (Å²) < 4.78 is 1.04. The summed E-state index contributed by atoms with van der Waals surface area (Å²) in [5, 5.41) is 9.29. The largest absolute Gasteiger partial charge is 0.508 e. The zero-order valence-corrected chi connectivity index (χ0v) is 9.13. The molecule has 1 rings (SSSR count). The lowest BCUT2D eigenvalue weighted by molar-refractivity contribution is 0.474. The number of rotatable bonds is 2. The van der Waals surface area contributed by atoms with E-state index >= 15 is 0 Å². The first-order chi connectivity index (χ1) is 5.63. The van der Waals surface area contributed by atoms with Crippen LogP contribution in [0.15, 0.2) is 24.8 Å². The fourth-order valence-electron chi connectivity index (χ4n) is 0.982. The van der Waals surface area contributed by atoms with Crippen LogP contribution in [0, 0.1) is 3.57 Å². The molecule has 1 aromatic rings. The Kier molecular flexibility index (Phi) is 3.14. The molecule has 1 nitrogen and oxygen atoms in total. The highest BCUT2D eigenvalue weighted by atomic mass is 127. The first kappa shape index (κ1) is 9.58. The molecule has 0 atom stereocenters. The number of allylic oxidation sites excluding steroid dienone is 1. The minimum atomic E-state index is 0.312. The Morgan fingerprint density at radius 1 is 1.50 bits per heavy atom. The van der Waals surface area contributed by atoms with Gasteiger partial charge in [0.25, 0.3) is 0 Å². The van der Waals surface area contributed by atoms with Gasteiger partial charge < -0.3 is 5.11 Å². The molecule has 64 valence electrons. The van der Waals surface area contributed by atoms with Crippen LogP contribution in [0.4, 0.5) is 0 Å².